The molecule has 3 nitrogen and oxygen atoms in total. The second kappa shape index (κ2) is 5.17. The fourth-order valence-electron chi connectivity index (χ4n) is 2.08. The highest BCUT2D eigenvalue weighted by molar-refractivity contribution is 5.94. The van der Waals surface area contributed by atoms with Crippen molar-refractivity contribution in [2.45, 2.75) is 6.61 Å². The van der Waals surface area contributed by atoms with E-state index < -0.39 is 5.82 Å². The van der Waals surface area contributed by atoms with Crippen molar-refractivity contribution in [3.8, 4) is 5.75 Å². The quantitative estimate of drug-likeness (QED) is 0.739. The lowest BCUT2D eigenvalue weighted by atomic mass is 10.1. The average molecular weight is 268 g/mol. The van der Waals surface area contributed by atoms with E-state index in [1.807, 2.05) is 30.3 Å². The molecular formula is C16H13FN2O. The molecule has 3 rings (SSSR count). The van der Waals surface area contributed by atoms with Crippen molar-refractivity contribution in [1.29, 1.82) is 0 Å². The maximum atomic E-state index is 14.0. The summed E-state index contributed by atoms with van der Waals surface area (Å²) in [4.78, 5) is 4.17. The first-order chi connectivity index (χ1) is 9.75. The van der Waals surface area contributed by atoms with Crippen molar-refractivity contribution >= 4 is 16.6 Å². The summed E-state index contributed by atoms with van der Waals surface area (Å²) in [5.74, 6) is -0.358. The van der Waals surface area contributed by atoms with Gasteiger partial charge in [-0.3, -0.25) is 4.98 Å². The number of hydrogen-bond donors (Lipinski definition) is 1. The summed E-state index contributed by atoms with van der Waals surface area (Å²) in [5, 5.41) is 0.692. The van der Waals surface area contributed by atoms with Crippen LogP contribution in [0.1, 0.15) is 5.56 Å². The standard InChI is InChI=1S/C16H13FN2O/c17-13-9-14(18)12-7-4-8-19-15(12)16(13)20-10-11-5-2-1-3-6-11/h1-9H,10,18H2. The van der Waals surface area contributed by atoms with Crippen molar-refractivity contribution in [3.63, 3.8) is 0 Å². The number of ether oxygens (including phenoxy) is 1. The van der Waals surface area contributed by atoms with Gasteiger partial charge in [-0.05, 0) is 17.7 Å². The highest BCUT2D eigenvalue weighted by Gasteiger charge is 2.13. The maximum absolute atomic E-state index is 14.0. The molecule has 0 atom stereocenters. The van der Waals surface area contributed by atoms with E-state index >= 15 is 0 Å². The molecule has 0 bridgehead atoms. The SMILES string of the molecule is Nc1cc(F)c(OCc2ccccc2)c2ncccc12. The van der Waals surface area contributed by atoms with E-state index in [0.29, 0.717) is 16.6 Å². The first-order valence-electron chi connectivity index (χ1n) is 6.25. The van der Waals surface area contributed by atoms with Crippen molar-refractivity contribution in [2.24, 2.45) is 0 Å². The second-order valence-electron chi connectivity index (χ2n) is 4.45. The van der Waals surface area contributed by atoms with Crippen LogP contribution >= 0.6 is 0 Å². The summed E-state index contributed by atoms with van der Waals surface area (Å²) in [7, 11) is 0. The summed E-state index contributed by atoms with van der Waals surface area (Å²) in [6, 6.07) is 14.4. The maximum Gasteiger partial charge on any atom is 0.181 e. The number of aromatic nitrogens is 1. The zero-order valence-electron chi connectivity index (χ0n) is 10.7. The lowest BCUT2D eigenvalue weighted by molar-refractivity contribution is 0.294. The molecule has 0 amide bonds. The Morgan fingerprint density at radius 3 is 2.70 bits per heavy atom. The summed E-state index contributed by atoms with van der Waals surface area (Å²) in [6.45, 7) is 0.285. The minimum atomic E-state index is -0.496. The predicted octanol–water partition coefficient (Wildman–Crippen LogP) is 3.54. The first-order valence-corrected chi connectivity index (χ1v) is 6.25. The van der Waals surface area contributed by atoms with Gasteiger partial charge in [0.25, 0.3) is 0 Å². The van der Waals surface area contributed by atoms with Gasteiger partial charge in [-0.25, -0.2) is 4.39 Å². The van der Waals surface area contributed by atoms with Crippen LogP contribution in [0.15, 0.2) is 54.7 Å². The molecule has 0 saturated heterocycles. The molecule has 0 spiro atoms. The van der Waals surface area contributed by atoms with Crippen LogP contribution in [-0.2, 0) is 6.61 Å². The molecule has 0 aliphatic heterocycles. The third-order valence-corrected chi connectivity index (χ3v) is 3.06. The monoisotopic (exact) mass is 268 g/mol. The lowest BCUT2D eigenvalue weighted by Crippen LogP contribution is -2.00. The number of halogens is 1. The highest BCUT2D eigenvalue weighted by atomic mass is 19.1. The van der Waals surface area contributed by atoms with E-state index in [2.05, 4.69) is 4.98 Å². The number of pyridine rings is 1. The Morgan fingerprint density at radius 2 is 1.90 bits per heavy atom. The molecule has 2 aromatic carbocycles. The largest absolute Gasteiger partial charge is 0.484 e. The average Bonchev–Trinajstić information content (AvgIpc) is 2.48. The summed E-state index contributed by atoms with van der Waals surface area (Å²) in [5.41, 5.74) is 7.57. The predicted molar refractivity (Wildman–Crippen MR) is 76.9 cm³/mol. The smallest absolute Gasteiger partial charge is 0.181 e. The number of nitrogen functional groups attached to an aromatic ring is 1. The Kier molecular flexibility index (Phi) is 3.21. The topological polar surface area (TPSA) is 48.1 Å². The Bertz CT molecular complexity index is 744. The van der Waals surface area contributed by atoms with Crippen LogP contribution in [0.3, 0.4) is 0 Å². The third-order valence-electron chi connectivity index (χ3n) is 3.06. The molecule has 3 aromatic rings. The van der Waals surface area contributed by atoms with Gasteiger partial charge in [0.15, 0.2) is 11.6 Å². The minimum Gasteiger partial charge on any atom is -0.484 e. The Labute approximate surface area is 115 Å². The zero-order chi connectivity index (χ0) is 13.9. The first kappa shape index (κ1) is 12.4. The van der Waals surface area contributed by atoms with Gasteiger partial charge in [0.05, 0.1) is 0 Å². The second-order valence-corrected chi connectivity index (χ2v) is 4.45. The van der Waals surface area contributed by atoms with Crippen molar-refractivity contribution < 1.29 is 9.13 Å². The molecule has 1 aromatic heterocycles. The van der Waals surface area contributed by atoms with Crippen LogP contribution in [0.5, 0.6) is 5.75 Å². The molecule has 4 heteroatoms. The van der Waals surface area contributed by atoms with Gasteiger partial charge in [0.1, 0.15) is 12.1 Å². The van der Waals surface area contributed by atoms with Gasteiger partial charge < -0.3 is 10.5 Å². The van der Waals surface area contributed by atoms with Crippen molar-refractivity contribution in [3.05, 3.63) is 66.1 Å². The number of nitrogens with two attached hydrogens (primary N) is 1. The van der Waals surface area contributed by atoms with Crippen LogP contribution in [0.25, 0.3) is 10.9 Å². The van der Waals surface area contributed by atoms with Gasteiger partial charge in [-0.1, -0.05) is 30.3 Å². The van der Waals surface area contributed by atoms with Gasteiger partial charge >= 0.3 is 0 Å². The Morgan fingerprint density at radius 1 is 1.10 bits per heavy atom. The van der Waals surface area contributed by atoms with Crippen LogP contribution in [0, 0.1) is 5.82 Å². The molecule has 0 radical (unpaired) electrons. The van der Waals surface area contributed by atoms with Gasteiger partial charge in [-0.15, -0.1) is 0 Å². The van der Waals surface area contributed by atoms with E-state index in [1.165, 1.54) is 6.07 Å². The third kappa shape index (κ3) is 2.28. The number of rotatable bonds is 3. The number of fused-ring (bicyclic) bond motifs is 1. The molecule has 0 unspecified atom stereocenters. The molecule has 2 N–H and O–H groups in total. The molecule has 20 heavy (non-hydrogen) atoms. The van der Waals surface area contributed by atoms with Gasteiger partial charge in [-0.2, -0.15) is 0 Å². The van der Waals surface area contributed by atoms with E-state index in [0.717, 1.165) is 5.56 Å². The number of hydrogen-bond acceptors (Lipinski definition) is 3. The summed E-state index contributed by atoms with van der Waals surface area (Å²) < 4.78 is 19.6. The Hall–Kier alpha value is -2.62. The van der Waals surface area contributed by atoms with E-state index in [9.17, 15) is 4.39 Å². The van der Waals surface area contributed by atoms with Gasteiger partial charge in [0, 0.05) is 23.3 Å². The fraction of sp³-hybridized carbons (Fsp3) is 0.0625. The van der Waals surface area contributed by atoms with Gasteiger partial charge in [0.2, 0.25) is 0 Å². The molecule has 1 heterocycles. The summed E-state index contributed by atoms with van der Waals surface area (Å²) in [6.07, 6.45) is 1.59. The molecule has 0 aliphatic rings. The van der Waals surface area contributed by atoms with E-state index in [1.54, 1.807) is 18.3 Å². The summed E-state index contributed by atoms with van der Waals surface area (Å²) >= 11 is 0. The Balaban J connectivity index is 1.99. The fourth-order valence-corrected chi connectivity index (χ4v) is 2.08. The van der Waals surface area contributed by atoms with Crippen LogP contribution in [0.4, 0.5) is 10.1 Å². The zero-order valence-corrected chi connectivity index (χ0v) is 10.7. The molecule has 0 fully saturated rings. The van der Waals surface area contributed by atoms with Crippen LogP contribution < -0.4 is 10.5 Å². The highest BCUT2D eigenvalue weighted by Crippen LogP contribution is 2.31. The molecule has 0 aliphatic carbocycles. The normalized spacial score (nSPS) is 10.7. The number of nitrogens with zero attached hydrogens (tertiary/aromatic N) is 1. The molecular weight excluding hydrogens is 255 g/mol. The molecule has 0 saturated carbocycles. The number of anilines is 1. The van der Waals surface area contributed by atoms with E-state index in [4.69, 9.17) is 10.5 Å². The minimum absolute atomic E-state index is 0.138. The number of benzene rings is 2. The molecule has 100 valence electrons. The van der Waals surface area contributed by atoms with Crippen molar-refractivity contribution in [1.82, 2.24) is 4.98 Å². The van der Waals surface area contributed by atoms with Crippen LogP contribution in [-0.4, -0.2) is 4.98 Å². The van der Waals surface area contributed by atoms with Crippen molar-refractivity contribution in [2.75, 3.05) is 5.73 Å². The van der Waals surface area contributed by atoms with E-state index in [-0.39, 0.29) is 12.4 Å². The lowest BCUT2D eigenvalue weighted by Gasteiger charge is -2.11. The van der Waals surface area contributed by atoms with Crippen LogP contribution in [0.2, 0.25) is 0 Å².